The number of nitrogens with one attached hydrogen (secondary N) is 1. The first-order valence-electron chi connectivity index (χ1n) is 9.20. The third-order valence-electron chi connectivity index (χ3n) is 5.94. The molecule has 124 valence electrons. The Morgan fingerprint density at radius 1 is 1.19 bits per heavy atom. The van der Waals surface area contributed by atoms with Gasteiger partial charge in [0.1, 0.15) is 0 Å². The summed E-state index contributed by atoms with van der Waals surface area (Å²) < 4.78 is 0. The Kier molecular flexibility index (Phi) is 6.51. The maximum atomic E-state index is 9.88. The van der Waals surface area contributed by atoms with Gasteiger partial charge in [-0.05, 0) is 76.4 Å². The fraction of sp³-hybridized carbons (Fsp3) is 1.00. The Labute approximate surface area is 131 Å². The normalized spacial score (nSPS) is 35.9. The van der Waals surface area contributed by atoms with Gasteiger partial charge in [0.25, 0.3) is 0 Å². The lowest BCUT2D eigenvalue weighted by atomic mass is 9.78. The van der Waals surface area contributed by atoms with Crippen LogP contribution in [0.1, 0.15) is 65.7 Å². The monoisotopic (exact) mass is 296 g/mol. The summed E-state index contributed by atoms with van der Waals surface area (Å²) in [7, 11) is 0. The van der Waals surface area contributed by atoms with E-state index in [2.05, 4.69) is 31.0 Å². The molecule has 0 bridgehead atoms. The van der Waals surface area contributed by atoms with Crippen LogP contribution in [0.4, 0.5) is 0 Å². The summed E-state index contributed by atoms with van der Waals surface area (Å²) in [6.45, 7) is 10.7. The zero-order valence-electron chi connectivity index (χ0n) is 14.4. The summed E-state index contributed by atoms with van der Waals surface area (Å²) >= 11 is 0. The average Bonchev–Trinajstić information content (AvgIpc) is 2.74. The molecule has 0 radical (unpaired) electrons. The first kappa shape index (κ1) is 17.2. The number of aliphatic hydroxyl groups excluding tert-OH is 1. The SMILES string of the molecule is CCNC1(CO)CCCC(N2CCCC(C(C)C)CC2)C1. The van der Waals surface area contributed by atoms with Crippen LogP contribution in [0.3, 0.4) is 0 Å². The lowest BCUT2D eigenvalue weighted by Crippen LogP contribution is -2.56. The summed E-state index contributed by atoms with van der Waals surface area (Å²) in [4.78, 5) is 2.74. The number of rotatable bonds is 5. The molecule has 0 spiro atoms. The third kappa shape index (κ3) is 4.43. The van der Waals surface area contributed by atoms with Crippen molar-refractivity contribution in [1.29, 1.82) is 0 Å². The molecule has 0 amide bonds. The second kappa shape index (κ2) is 7.94. The van der Waals surface area contributed by atoms with Crippen LogP contribution in [-0.2, 0) is 0 Å². The molecule has 1 heterocycles. The molecule has 3 atom stereocenters. The number of aliphatic hydroxyl groups is 1. The van der Waals surface area contributed by atoms with Crippen LogP contribution in [0.5, 0.6) is 0 Å². The van der Waals surface area contributed by atoms with Gasteiger partial charge in [-0.25, -0.2) is 0 Å². The zero-order valence-corrected chi connectivity index (χ0v) is 14.4. The molecule has 2 rings (SSSR count). The summed E-state index contributed by atoms with van der Waals surface area (Å²) in [5.74, 6) is 1.74. The van der Waals surface area contributed by atoms with Gasteiger partial charge in [0.05, 0.1) is 6.61 Å². The fourth-order valence-corrected chi connectivity index (χ4v) is 4.55. The minimum atomic E-state index is -0.0125. The molecule has 0 aromatic heterocycles. The molecule has 1 saturated carbocycles. The van der Waals surface area contributed by atoms with E-state index in [1.54, 1.807) is 0 Å². The van der Waals surface area contributed by atoms with E-state index in [0.717, 1.165) is 31.2 Å². The fourth-order valence-electron chi connectivity index (χ4n) is 4.55. The highest BCUT2D eigenvalue weighted by atomic mass is 16.3. The Balaban J connectivity index is 1.94. The van der Waals surface area contributed by atoms with Gasteiger partial charge in [0, 0.05) is 11.6 Å². The second-order valence-corrected chi connectivity index (χ2v) is 7.69. The minimum Gasteiger partial charge on any atom is -0.394 e. The van der Waals surface area contributed by atoms with Crippen LogP contribution in [-0.4, -0.2) is 47.8 Å². The van der Waals surface area contributed by atoms with Crippen molar-refractivity contribution in [3.8, 4) is 0 Å². The van der Waals surface area contributed by atoms with E-state index < -0.39 is 0 Å². The number of nitrogens with zero attached hydrogens (tertiary/aromatic N) is 1. The number of likely N-dealkylation sites (tertiary alicyclic amines) is 1. The van der Waals surface area contributed by atoms with Crippen LogP contribution < -0.4 is 5.32 Å². The molecule has 3 unspecified atom stereocenters. The molecule has 3 heteroatoms. The lowest BCUT2D eigenvalue weighted by Gasteiger charge is -2.44. The van der Waals surface area contributed by atoms with Crippen molar-refractivity contribution in [3.05, 3.63) is 0 Å². The van der Waals surface area contributed by atoms with Gasteiger partial charge >= 0.3 is 0 Å². The smallest absolute Gasteiger partial charge is 0.0613 e. The molecule has 1 saturated heterocycles. The molecule has 2 aliphatic rings. The highest BCUT2D eigenvalue weighted by Gasteiger charge is 2.37. The van der Waals surface area contributed by atoms with Gasteiger partial charge in [0.2, 0.25) is 0 Å². The summed E-state index contributed by atoms with van der Waals surface area (Å²) in [5.41, 5.74) is -0.0125. The van der Waals surface area contributed by atoms with E-state index in [4.69, 9.17) is 0 Å². The molecular formula is C18H36N2O. The van der Waals surface area contributed by atoms with Gasteiger partial charge < -0.3 is 15.3 Å². The largest absolute Gasteiger partial charge is 0.394 e. The van der Waals surface area contributed by atoms with E-state index >= 15 is 0 Å². The molecule has 2 N–H and O–H groups in total. The maximum Gasteiger partial charge on any atom is 0.0613 e. The van der Waals surface area contributed by atoms with Crippen LogP contribution >= 0.6 is 0 Å². The second-order valence-electron chi connectivity index (χ2n) is 7.69. The Bertz CT molecular complexity index is 304. The molecule has 0 aromatic carbocycles. The first-order chi connectivity index (χ1) is 10.1. The van der Waals surface area contributed by atoms with E-state index in [-0.39, 0.29) is 5.54 Å². The maximum absolute atomic E-state index is 9.88. The van der Waals surface area contributed by atoms with E-state index in [9.17, 15) is 5.11 Å². The third-order valence-corrected chi connectivity index (χ3v) is 5.94. The molecule has 3 nitrogen and oxygen atoms in total. The van der Waals surface area contributed by atoms with Gasteiger partial charge in [0.15, 0.2) is 0 Å². The highest BCUT2D eigenvalue weighted by molar-refractivity contribution is 4.96. The van der Waals surface area contributed by atoms with Crippen molar-refractivity contribution in [3.63, 3.8) is 0 Å². The van der Waals surface area contributed by atoms with Crippen molar-refractivity contribution in [2.75, 3.05) is 26.2 Å². The molecular weight excluding hydrogens is 260 g/mol. The van der Waals surface area contributed by atoms with Gasteiger partial charge in [-0.15, -0.1) is 0 Å². The summed E-state index contributed by atoms with van der Waals surface area (Å²) in [5, 5.41) is 13.5. The van der Waals surface area contributed by atoms with Crippen LogP contribution in [0, 0.1) is 11.8 Å². The van der Waals surface area contributed by atoms with Crippen LogP contribution in [0.15, 0.2) is 0 Å². The number of likely N-dealkylation sites (N-methyl/N-ethyl adjacent to an activating group) is 1. The van der Waals surface area contributed by atoms with Gasteiger partial charge in [-0.3, -0.25) is 0 Å². The van der Waals surface area contributed by atoms with Crippen molar-refractivity contribution in [2.45, 2.75) is 77.3 Å². The standard InChI is InChI=1S/C18H36N2O/c1-4-19-18(14-21)10-5-8-17(13-18)20-11-6-7-16(9-12-20)15(2)3/h15-17,19,21H,4-14H2,1-3H3. The van der Waals surface area contributed by atoms with Gasteiger partial charge in [-0.1, -0.05) is 20.8 Å². The Morgan fingerprint density at radius 2 is 2.00 bits per heavy atom. The number of hydrogen-bond donors (Lipinski definition) is 2. The molecule has 1 aliphatic heterocycles. The minimum absolute atomic E-state index is 0.0125. The molecule has 21 heavy (non-hydrogen) atoms. The average molecular weight is 296 g/mol. The highest BCUT2D eigenvalue weighted by Crippen LogP contribution is 2.33. The predicted molar refractivity (Wildman–Crippen MR) is 89.5 cm³/mol. The molecule has 0 aromatic rings. The van der Waals surface area contributed by atoms with Crippen molar-refractivity contribution >= 4 is 0 Å². The van der Waals surface area contributed by atoms with Gasteiger partial charge in [-0.2, -0.15) is 0 Å². The molecule has 1 aliphatic carbocycles. The lowest BCUT2D eigenvalue weighted by molar-refractivity contribution is 0.0608. The Morgan fingerprint density at radius 3 is 2.67 bits per heavy atom. The topological polar surface area (TPSA) is 35.5 Å². The van der Waals surface area contributed by atoms with E-state index in [1.165, 1.54) is 45.2 Å². The quantitative estimate of drug-likeness (QED) is 0.818. The van der Waals surface area contributed by atoms with Crippen LogP contribution in [0.25, 0.3) is 0 Å². The van der Waals surface area contributed by atoms with Crippen molar-refractivity contribution in [2.24, 2.45) is 11.8 Å². The van der Waals surface area contributed by atoms with E-state index in [0.29, 0.717) is 12.6 Å². The predicted octanol–water partition coefficient (Wildman–Crippen LogP) is 3.03. The zero-order chi connectivity index (χ0) is 15.3. The first-order valence-corrected chi connectivity index (χ1v) is 9.20. The molecule has 2 fully saturated rings. The van der Waals surface area contributed by atoms with E-state index in [1.807, 2.05) is 0 Å². The summed E-state index contributed by atoms with van der Waals surface area (Å²) in [6, 6.07) is 0.677. The summed E-state index contributed by atoms with van der Waals surface area (Å²) in [6.07, 6.45) is 8.95. The van der Waals surface area contributed by atoms with Crippen molar-refractivity contribution in [1.82, 2.24) is 10.2 Å². The van der Waals surface area contributed by atoms with Crippen LogP contribution in [0.2, 0.25) is 0 Å². The number of hydrogen-bond acceptors (Lipinski definition) is 3. The van der Waals surface area contributed by atoms with Crippen molar-refractivity contribution < 1.29 is 5.11 Å². The Hall–Kier alpha value is -0.120.